The van der Waals surface area contributed by atoms with E-state index in [1.165, 1.54) is 34.6 Å². The van der Waals surface area contributed by atoms with E-state index in [0.29, 0.717) is 5.56 Å². The van der Waals surface area contributed by atoms with Gasteiger partial charge in [-0.15, -0.1) is 0 Å². The fraction of sp³-hybridized carbons (Fsp3) is 0.261. The van der Waals surface area contributed by atoms with Crippen LogP contribution in [0.5, 0.6) is 0 Å². The van der Waals surface area contributed by atoms with Gasteiger partial charge in [0.25, 0.3) is 15.9 Å². The molecule has 2 heterocycles. The van der Waals surface area contributed by atoms with Crippen molar-refractivity contribution in [3.05, 3.63) is 69.2 Å². The molecule has 0 saturated heterocycles. The van der Waals surface area contributed by atoms with Gasteiger partial charge in [0.1, 0.15) is 28.5 Å². The SMILES string of the molecule is CCN(CC)S(=O)(=O)c1cc(N[C@@H](Cc2ccc(NC(=O)c3cc(Cl)nc(Cl)c3)c(Cl)c2)C(=O)O)ncn1. The second kappa shape index (κ2) is 12.7. The molecule has 2 aromatic heterocycles. The highest BCUT2D eigenvalue weighted by molar-refractivity contribution is 7.89. The number of carbonyl (C=O) groups is 2. The summed E-state index contributed by atoms with van der Waals surface area (Å²) >= 11 is 18.0. The van der Waals surface area contributed by atoms with Gasteiger partial charge in [-0.05, 0) is 29.8 Å². The predicted molar refractivity (Wildman–Crippen MR) is 145 cm³/mol. The highest BCUT2D eigenvalue weighted by Gasteiger charge is 2.25. The lowest BCUT2D eigenvalue weighted by molar-refractivity contribution is -0.137. The van der Waals surface area contributed by atoms with Gasteiger partial charge in [0.05, 0.1) is 10.7 Å². The predicted octanol–water partition coefficient (Wildman–Crippen LogP) is 4.22. The summed E-state index contributed by atoms with van der Waals surface area (Å²) in [4.78, 5) is 36.1. The molecule has 1 amide bonds. The van der Waals surface area contributed by atoms with Crippen LogP contribution in [0.15, 0.2) is 47.8 Å². The van der Waals surface area contributed by atoms with E-state index in [2.05, 4.69) is 25.6 Å². The third-order valence-electron chi connectivity index (χ3n) is 5.32. The van der Waals surface area contributed by atoms with Gasteiger partial charge < -0.3 is 15.7 Å². The Morgan fingerprint density at radius 2 is 1.68 bits per heavy atom. The van der Waals surface area contributed by atoms with Crippen LogP contribution in [0.1, 0.15) is 29.8 Å². The van der Waals surface area contributed by atoms with Crippen LogP contribution in [0.4, 0.5) is 11.5 Å². The molecule has 0 radical (unpaired) electrons. The van der Waals surface area contributed by atoms with Crippen molar-refractivity contribution >= 4 is 68.2 Å². The number of aliphatic carboxylic acids is 1. The molecule has 1 aromatic carbocycles. The van der Waals surface area contributed by atoms with E-state index in [9.17, 15) is 23.1 Å². The number of nitrogens with one attached hydrogen (secondary N) is 2. The van der Waals surface area contributed by atoms with Crippen molar-refractivity contribution in [2.24, 2.45) is 0 Å². The van der Waals surface area contributed by atoms with Gasteiger partial charge in [0.2, 0.25) is 0 Å². The number of nitrogens with zero attached hydrogens (tertiary/aromatic N) is 4. The summed E-state index contributed by atoms with van der Waals surface area (Å²) in [6, 6.07) is 7.34. The summed E-state index contributed by atoms with van der Waals surface area (Å²) in [5, 5.41) is 15.2. The van der Waals surface area contributed by atoms with Crippen LogP contribution in [0.3, 0.4) is 0 Å². The molecular formula is C23H23Cl3N6O5S. The van der Waals surface area contributed by atoms with Crippen LogP contribution in [0.2, 0.25) is 15.3 Å². The number of rotatable bonds is 11. The van der Waals surface area contributed by atoms with Crippen LogP contribution >= 0.6 is 34.8 Å². The first-order chi connectivity index (χ1) is 17.9. The number of carboxylic acid groups (broad SMARTS) is 1. The fourth-order valence-corrected chi connectivity index (χ4v) is 5.54. The smallest absolute Gasteiger partial charge is 0.326 e. The molecule has 0 aliphatic carbocycles. The maximum absolute atomic E-state index is 12.8. The number of pyridine rings is 1. The third-order valence-corrected chi connectivity index (χ3v) is 7.97. The molecule has 0 fully saturated rings. The Morgan fingerprint density at radius 3 is 2.26 bits per heavy atom. The first-order valence-electron chi connectivity index (χ1n) is 11.2. The van der Waals surface area contributed by atoms with Gasteiger partial charge in [0, 0.05) is 31.1 Å². The molecule has 0 saturated carbocycles. The molecular weight excluding hydrogens is 579 g/mol. The molecule has 0 bridgehead atoms. The lowest BCUT2D eigenvalue weighted by Gasteiger charge is -2.19. The van der Waals surface area contributed by atoms with E-state index >= 15 is 0 Å². The van der Waals surface area contributed by atoms with E-state index in [1.54, 1.807) is 19.9 Å². The number of sulfonamides is 1. The summed E-state index contributed by atoms with van der Waals surface area (Å²) in [5.41, 5.74) is 0.997. The Hall–Kier alpha value is -3.03. The van der Waals surface area contributed by atoms with Crippen molar-refractivity contribution in [3.63, 3.8) is 0 Å². The second-order valence-corrected chi connectivity index (χ2v) is 10.9. The molecule has 0 spiro atoms. The van der Waals surface area contributed by atoms with E-state index in [0.717, 1.165) is 6.33 Å². The van der Waals surface area contributed by atoms with Crippen LogP contribution in [-0.4, -0.2) is 63.8 Å². The Bertz CT molecular complexity index is 1430. The number of halogens is 3. The minimum absolute atomic E-state index is 0.0268. The molecule has 38 heavy (non-hydrogen) atoms. The van der Waals surface area contributed by atoms with Crippen LogP contribution in [0, 0.1) is 0 Å². The summed E-state index contributed by atoms with van der Waals surface area (Å²) in [5.74, 6) is -1.69. The fourth-order valence-electron chi connectivity index (χ4n) is 3.45. The highest BCUT2D eigenvalue weighted by atomic mass is 35.5. The monoisotopic (exact) mass is 600 g/mol. The van der Waals surface area contributed by atoms with E-state index < -0.39 is 27.9 Å². The molecule has 15 heteroatoms. The van der Waals surface area contributed by atoms with Crippen molar-refractivity contribution in [2.45, 2.75) is 31.3 Å². The number of anilines is 2. The van der Waals surface area contributed by atoms with Gasteiger partial charge in [-0.25, -0.2) is 28.2 Å². The maximum atomic E-state index is 12.8. The molecule has 1 atom stereocenters. The van der Waals surface area contributed by atoms with Crippen molar-refractivity contribution in [2.75, 3.05) is 23.7 Å². The van der Waals surface area contributed by atoms with Gasteiger partial charge in [-0.1, -0.05) is 54.7 Å². The van der Waals surface area contributed by atoms with Crippen LogP contribution < -0.4 is 10.6 Å². The van der Waals surface area contributed by atoms with Crippen molar-refractivity contribution in [1.29, 1.82) is 0 Å². The number of carbonyl (C=O) groups excluding carboxylic acids is 1. The lowest BCUT2D eigenvalue weighted by Crippen LogP contribution is -2.33. The number of hydrogen-bond donors (Lipinski definition) is 3. The van der Waals surface area contributed by atoms with Crippen molar-refractivity contribution in [3.8, 4) is 0 Å². The number of carboxylic acids is 1. The van der Waals surface area contributed by atoms with Gasteiger partial charge in [-0.2, -0.15) is 4.31 Å². The van der Waals surface area contributed by atoms with Crippen molar-refractivity contribution < 1.29 is 23.1 Å². The normalized spacial score (nSPS) is 12.3. The van der Waals surface area contributed by atoms with E-state index in [4.69, 9.17) is 34.8 Å². The second-order valence-electron chi connectivity index (χ2n) is 7.84. The average Bonchev–Trinajstić information content (AvgIpc) is 2.85. The van der Waals surface area contributed by atoms with E-state index in [-0.39, 0.29) is 56.9 Å². The summed E-state index contributed by atoms with van der Waals surface area (Å²) in [6.07, 6.45) is 1.02. The minimum atomic E-state index is -3.86. The summed E-state index contributed by atoms with van der Waals surface area (Å²) in [6.45, 7) is 3.91. The molecule has 11 nitrogen and oxygen atoms in total. The first-order valence-corrected chi connectivity index (χ1v) is 13.8. The first kappa shape index (κ1) is 29.5. The standard InChI is InChI=1S/C23H23Cl3N6O5S/c1-3-32(4-2)38(36,37)21-11-20(27-12-28-21)29-17(23(34)35)8-13-5-6-16(15(24)7-13)30-22(33)14-9-18(25)31-19(26)10-14/h5-7,9-12,17H,3-4,8H2,1-2H3,(H,30,33)(H,34,35)(H,27,28,29)/t17-/m0/s1. The Morgan fingerprint density at radius 1 is 1.03 bits per heavy atom. The topological polar surface area (TPSA) is 154 Å². The van der Waals surface area contributed by atoms with Crippen LogP contribution in [-0.2, 0) is 21.2 Å². The molecule has 0 unspecified atom stereocenters. The molecule has 3 aromatic rings. The largest absolute Gasteiger partial charge is 0.480 e. The molecule has 0 aliphatic rings. The zero-order valence-electron chi connectivity index (χ0n) is 20.2. The maximum Gasteiger partial charge on any atom is 0.326 e. The molecule has 202 valence electrons. The average molecular weight is 602 g/mol. The zero-order chi connectivity index (χ0) is 28.0. The Kier molecular flexibility index (Phi) is 9.85. The summed E-state index contributed by atoms with van der Waals surface area (Å²) < 4.78 is 26.7. The molecule has 3 rings (SSSR count). The van der Waals surface area contributed by atoms with Gasteiger partial charge in [-0.3, -0.25) is 4.79 Å². The highest BCUT2D eigenvalue weighted by Crippen LogP contribution is 2.26. The number of aromatic nitrogens is 3. The number of amides is 1. The van der Waals surface area contributed by atoms with Crippen LogP contribution in [0.25, 0.3) is 0 Å². The van der Waals surface area contributed by atoms with Gasteiger partial charge >= 0.3 is 5.97 Å². The van der Waals surface area contributed by atoms with Gasteiger partial charge in [0.15, 0.2) is 5.03 Å². The number of benzene rings is 1. The Balaban J connectivity index is 1.76. The zero-order valence-corrected chi connectivity index (χ0v) is 23.2. The molecule has 0 aliphatic heterocycles. The lowest BCUT2D eigenvalue weighted by atomic mass is 10.1. The molecule has 3 N–H and O–H groups in total. The van der Waals surface area contributed by atoms with E-state index in [1.807, 2.05) is 0 Å². The quantitative estimate of drug-likeness (QED) is 0.216. The van der Waals surface area contributed by atoms with Crippen molar-refractivity contribution in [1.82, 2.24) is 19.3 Å². The Labute approximate surface area is 234 Å². The summed E-state index contributed by atoms with van der Waals surface area (Å²) in [7, 11) is -3.86. The third kappa shape index (κ3) is 7.29. The number of hydrogen-bond acceptors (Lipinski definition) is 8. The minimum Gasteiger partial charge on any atom is -0.480 e.